The van der Waals surface area contributed by atoms with E-state index in [1.54, 1.807) is 14.2 Å². The van der Waals surface area contributed by atoms with Gasteiger partial charge in [-0.1, -0.05) is 54.6 Å². The monoisotopic (exact) mass is 465 g/mol. The van der Waals surface area contributed by atoms with Crippen LogP contribution in [0.15, 0.2) is 78.9 Å². The summed E-state index contributed by atoms with van der Waals surface area (Å²) in [5.74, 6) is 1.48. The number of benzene rings is 3. The van der Waals surface area contributed by atoms with E-state index in [1.165, 1.54) is 0 Å². The fourth-order valence-corrected chi connectivity index (χ4v) is 3.86. The first-order chi connectivity index (χ1) is 16.5. The van der Waals surface area contributed by atoms with Gasteiger partial charge in [0.15, 0.2) is 0 Å². The number of rotatable bonds is 12. The van der Waals surface area contributed by atoms with Crippen molar-refractivity contribution in [3.8, 4) is 11.5 Å². The third-order valence-electron chi connectivity index (χ3n) is 5.64. The molecule has 1 amide bonds. The lowest BCUT2D eigenvalue weighted by Gasteiger charge is -2.36. The molecule has 3 aromatic carbocycles. The van der Waals surface area contributed by atoms with Gasteiger partial charge in [0.2, 0.25) is 0 Å². The van der Waals surface area contributed by atoms with Crippen LogP contribution in [-0.4, -0.2) is 44.7 Å². The minimum absolute atomic E-state index is 0.0529. The summed E-state index contributed by atoms with van der Waals surface area (Å²) < 4.78 is 22.1. The number of ether oxygens (including phenoxy) is 4. The molecule has 0 heterocycles. The normalized spacial score (nSPS) is 12.1. The van der Waals surface area contributed by atoms with E-state index < -0.39 is 17.8 Å². The maximum absolute atomic E-state index is 10.8. The largest absolute Gasteiger partial charge is 0.497 e. The maximum Gasteiger partial charge on any atom is 0.404 e. The van der Waals surface area contributed by atoms with Crippen LogP contribution < -0.4 is 15.2 Å². The van der Waals surface area contributed by atoms with E-state index in [-0.39, 0.29) is 19.6 Å². The van der Waals surface area contributed by atoms with Gasteiger partial charge in [0.25, 0.3) is 0 Å². The summed E-state index contributed by atoms with van der Waals surface area (Å²) in [5, 5.41) is 10.4. The van der Waals surface area contributed by atoms with Gasteiger partial charge in [0.1, 0.15) is 17.1 Å². The maximum atomic E-state index is 10.8. The first-order valence-electron chi connectivity index (χ1n) is 11.1. The average Bonchev–Trinajstić information content (AvgIpc) is 2.87. The molecular formula is C27H31NO6. The van der Waals surface area contributed by atoms with Crippen LogP contribution in [0.4, 0.5) is 4.79 Å². The summed E-state index contributed by atoms with van der Waals surface area (Å²) in [6.07, 6.45) is -0.941. The second kappa shape index (κ2) is 12.1. The zero-order valence-corrected chi connectivity index (χ0v) is 19.5. The fraction of sp³-hybridized carbons (Fsp3) is 0.296. The van der Waals surface area contributed by atoms with Gasteiger partial charge in [-0.05, 0) is 47.4 Å². The molecule has 0 fully saturated rings. The molecule has 7 nitrogen and oxygen atoms in total. The Bertz CT molecular complexity index is 974. The first-order valence-corrected chi connectivity index (χ1v) is 11.1. The number of primary amides is 1. The van der Waals surface area contributed by atoms with Gasteiger partial charge in [-0.2, -0.15) is 0 Å². The highest BCUT2D eigenvalue weighted by molar-refractivity contribution is 5.64. The van der Waals surface area contributed by atoms with Crippen molar-refractivity contribution in [3.05, 3.63) is 95.6 Å². The minimum Gasteiger partial charge on any atom is -0.497 e. The molecule has 0 bridgehead atoms. The Morgan fingerprint density at radius 2 is 1.26 bits per heavy atom. The predicted molar refractivity (Wildman–Crippen MR) is 129 cm³/mol. The summed E-state index contributed by atoms with van der Waals surface area (Å²) in [4.78, 5) is 10.8. The Balaban J connectivity index is 1.98. The van der Waals surface area contributed by atoms with E-state index in [0.29, 0.717) is 6.42 Å². The predicted octanol–water partition coefficient (Wildman–Crippen LogP) is 4.25. The molecule has 180 valence electrons. The molecule has 1 atom stereocenters. The lowest BCUT2D eigenvalue weighted by molar-refractivity contribution is -0.00853. The van der Waals surface area contributed by atoms with Gasteiger partial charge in [-0.3, -0.25) is 0 Å². The number of hydrogen-bond donors (Lipinski definition) is 2. The smallest absolute Gasteiger partial charge is 0.404 e. The van der Waals surface area contributed by atoms with Crippen molar-refractivity contribution in [3.63, 3.8) is 0 Å². The standard InChI is InChI=1S/C27H31NO6/c1-31-24-12-8-21(9-13-24)27(20-6-4-3-5-7-20,22-10-14-25(32-2)15-11-22)34-19-17-23(29)16-18-33-26(28)30/h3-15,23,29H,16-19H2,1-2H3,(H2,28,30). The van der Waals surface area contributed by atoms with E-state index in [1.807, 2.05) is 78.9 Å². The van der Waals surface area contributed by atoms with Gasteiger partial charge in [-0.25, -0.2) is 4.79 Å². The highest BCUT2D eigenvalue weighted by Crippen LogP contribution is 2.41. The molecule has 0 radical (unpaired) electrons. The number of hydrogen-bond acceptors (Lipinski definition) is 6. The van der Waals surface area contributed by atoms with Crippen molar-refractivity contribution in [1.29, 1.82) is 0 Å². The number of aliphatic hydroxyl groups excluding tert-OH is 1. The summed E-state index contributed by atoms with van der Waals surface area (Å²) in [6, 6.07) is 25.4. The van der Waals surface area contributed by atoms with Crippen LogP contribution in [0.1, 0.15) is 29.5 Å². The Morgan fingerprint density at radius 1 is 0.794 bits per heavy atom. The molecule has 0 aliphatic rings. The van der Waals surface area contributed by atoms with Gasteiger partial charge in [-0.15, -0.1) is 0 Å². The molecule has 3 aromatic rings. The number of methoxy groups -OCH3 is 2. The third-order valence-corrected chi connectivity index (χ3v) is 5.64. The molecule has 0 saturated carbocycles. The molecule has 3 N–H and O–H groups in total. The molecule has 0 saturated heterocycles. The van der Waals surface area contributed by atoms with Gasteiger partial charge in [0.05, 0.1) is 33.5 Å². The highest BCUT2D eigenvalue weighted by atomic mass is 16.5. The van der Waals surface area contributed by atoms with E-state index in [9.17, 15) is 9.90 Å². The van der Waals surface area contributed by atoms with Crippen LogP contribution in [0.3, 0.4) is 0 Å². The second-order valence-corrected chi connectivity index (χ2v) is 7.75. The highest BCUT2D eigenvalue weighted by Gasteiger charge is 2.37. The molecule has 34 heavy (non-hydrogen) atoms. The zero-order valence-electron chi connectivity index (χ0n) is 19.5. The van der Waals surface area contributed by atoms with Gasteiger partial charge >= 0.3 is 6.09 Å². The van der Waals surface area contributed by atoms with Crippen molar-refractivity contribution in [2.24, 2.45) is 5.73 Å². The lowest BCUT2D eigenvalue weighted by atomic mass is 9.80. The zero-order chi connectivity index (χ0) is 24.4. The number of nitrogens with two attached hydrogens (primary N) is 1. The number of carbonyl (C=O) groups is 1. The summed E-state index contributed by atoms with van der Waals surface area (Å²) in [7, 11) is 3.26. The number of aliphatic hydroxyl groups is 1. The van der Waals surface area contributed by atoms with Gasteiger partial charge in [0, 0.05) is 6.42 Å². The summed E-state index contributed by atoms with van der Waals surface area (Å²) >= 11 is 0. The summed E-state index contributed by atoms with van der Waals surface area (Å²) in [6.45, 7) is 0.308. The van der Waals surface area contributed by atoms with E-state index in [0.717, 1.165) is 28.2 Å². The van der Waals surface area contributed by atoms with E-state index in [2.05, 4.69) is 0 Å². The molecule has 7 heteroatoms. The molecule has 0 aromatic heterocycles. The molecule has 3 rings (SSSR count). The van der Waals surface area contributed by atoms with E-state index in [4.69, 9.17) is 24.7 Å². The van der Waals surface area contributed by atoms with Crippen LogP contribution in [0, 0.1) is 0 Å². The Hall–Kier alpha value is -3.55. The first kappa shape index (κ1) is 25.1. The van der Waals surface area contributed by atoms with E-state index >= 15 is 0 Å². The number of amides is 1. The molecule has 0 spiro atoms. The van der Waals surface area contributed by atoms with Crippen LogP contribution in [0.25, 0.3) is 0 Å². The van der Waals surface area contributed by atoms with Crippen molar-refractivity contribution in [2.75, 3.05) is 27.4 Å². The topological polar surface area (TPSA) is 100 Å². The molecule has 1 unspecified atom stereocenters. The van der Waals surface area contributed by atoms with Crippen LogP contribution in [0.5, 0.6) is 11.5 Å². The fourth-order valence-electron chi connectivity index (χ4n) is 3.86. The molecule has 0 aliphatic carbocycles. The second-order valence-electron chi connectivity index (χ2n) is 7.75. The Labute approximate surface area is 200 Å². The quantitative estimate of drug-likeness (QED) is 0.388. The van der Waals surface area contributed by atoms with Crippen LogP contribution in [-0.2, 0) is 15.1 Å². The van der Waals surface area contributed by atoms with Crippen LogP contribution >= 0.6 is 0 Å². The minimum atomic E-state index is -0.941. The van der Waals surface area contributed by atoms with Crippen molar-refractivity contribution < 1.29 is 28.8 Å². The molecular weight excluding hydrogens is 434 g/mol. The number of carbonyl (C=O) groups excluding carboxylic acids is 1. The van der Waals surface area contributed by atoms with Gasteiger partial charge < -0.3 is 29.8 Å². The SMILES string of the molecule is COc1ccc(C(OCCC(O)CCOC(N)=O)(c2ccccc2)c2ccc(OC)cc2)cc1. The lowest BCUT2D eigenvalue weighted by Crippen LogP contribution is -2.34. The third kappa shape index (κ3) is 6.07. The van der Waals surface area contributed by atoms with Crippen molar-refractivity contribution >= 4 is 6.09 Å². The van der Waals surface area contributed by atoms with Crippen LogP contribution in [0.2, 0.25) is 0 Å². The summed E-state index contributed by atoms with van der Waals surface area (Å²) in [5.41, 5.74) is 6.81. The Kier molecular flexibility index (Phi) is 8.90. The van der Waals surface area contributed by atoms with Crippen molar-refractivity contribution in [1.82, 2.24) is 0 Å². The molecule has 0 aliphatic heterocycles. The average molecular weight is 466 g/mol. The Morgan fingerprint density at radius 3 is 1.74 bits per heavy atom. The van der Waals surface area contributed by atoms with Crippen molar-refractivity contribution in [2.45, 2.75) is 24.5 Å².